The number of nitrogens with one attached hydrogen (secondary N) is 2. The molecule has 5 nitrogen and oxygen atoms in total. The Balaban J connectivity index is 1.96. The summed E-state index contributed by atoms with van der Waals surface area (Å²) in [6.07, 6.45) is 2.26. The molecule has 5 heteroatoms. The molecular formula is C12H24N2O3. The fraction of sp³-hybridized carbons (Fsp3) is 0.917. The van der Waals surface area contributed by atoms with Crippen LogP contribution in [0.15, 0.2) is 0 Å². The van der Waals surface area contributed by atoms with Crippen molar-refractivity contribution < 1.29 is 14.3 Å². The molecule has 0 aromatic carbocycles. The van der Waals surface area contributed by atoms with E-state index in [1.165, 1.54) is 0 Å². The van der Waals surface area contributed by atoms with Crippen LogP contribution in [0.2, 0.25) is 0 Å². The zero-order chi connectivity index (χ0) is 12.5. The van der Waals surface area contributed by atoms with Gasteiger partial charge in [-0.1, -0.05) is 0 Å². The normalized spacial score (nSPS) is 23.9. The van der Waals surface area contributed by atoms with Gasteiger partial charge < -0.3 is 20.1 Å². The highest BCUT2D eigenvalue weighted by Gasteiger charge is 2.23. The molecule has 17 heavy (non-hydrogen) atoms. The molecule has 2 N–H and O–H groups in total. The standard InChI is InChI=1S/C12H24N2O3/c1-10-11(4-7-17-10)8-13-9-12(15)14-5-3-6-16-2/h10-11,13H,3-9H2,1-2H3,(H,14,15). The Morgan fingerprint density at radius 3 is 3.00 bits per heavy atom. The number of methoxy groups -OCH3 is 1. The predicted molar refractivity (Wildman–Crippen MR) is 65.9 cm³/mol. The van der Waals surface area contributed by atoms with Crippen molar-refractivity contribution in [2.24, 2.45) is 5.92 Å². The quantitative estimate of drug-likeness (QED) is 0.597. The van der Waals surface area contributed by atoms with Crippen LogP contribution in [0.3, 0.4) is 0 Å². The molecule has 1 saturated heterocycles. The average Bonchev–Trinajstić information content (AvgIpc) is 2.71. The molecular weight excluding hydrogens is 220 g/mol. The minimum absolute atomic E-state index is 0.0488. The highest BCUT2D eigenvalue weighted by atomic mass is 16.5. The topological polar surface area (TPSA) is 59.6 Å². The van der Waals surface area contributed by atoms with Gasteiger partial charge in [-0.15, -0.1) is 0 Å². The fourth-order valence-electron chi connectivity index (χ4n) is 1.92. The summed E-state index contributed by atoms with van der Waals surface area (Å²) in [6, 6.07) is 0. The number of carbonyl (C=O) groups excluding carboxylic acids is 1. The van der Waals surface area contributed by atoms with Gasteiger partial charge in [0.25, 0.3) is 0 Å². The summed E-state index contributed by atoms with van der Waals surface area (Å²) in [5, 5.41) is 6.02. The Morgan fingerprint density at radius 1 is 1.53 bits per heavy atom. The third-order valence-corrected chi connectivity index (χ3v) is 3.07. The van der Waals surface area contributed by atoms with Gasteiger partial charge in [-0.25, -0.2) is 0 Å². The van der Waals surface area contributed by atoms with Crippen molar-refractivity contribution in [1.82, 2.24) is 10.6 Å². The molecule has 1 rings (SSSR count). The molecule has 0 aromatic rings. The number of hydrogen-bond donors (Lipinski definition) is 2. The van der Waals surface area contributed by atoms with Gasteiger partial charge in [-0.05, 0) is 25.7 Å². The predicted octanol–water partition coefficient (Wildman–Crippen LogP) is 0.154. The smallest absolute Gasteiger partial charge is 0.233 e. The highest BCUT2D eigenvalue weighted by Crippen LogP contribution is 2.18. The van der Waals surface area contributed by atoms with Gasteiger partial charge in [0.2, 0.25) is 5.91 Å². The summed E-state index contributed by atoms with van der Waals surface area (Å²) in [5.41, 5.74) is 0. The van der Waals surface area contributed by atoms with E-state index in [1.54, 1.807) is 7.11 Å². The third kappa shape index (κ3) is 6.00. The van der Waals surface area contributed by atoms with Crippen molar-refractivity contribution in [2.45, 2.75) is 25.9 Å². The molecule has 0 bridgehead atoms. The van der Waals surface area contributed by atoms with Crippen LogP contribution in [0.1, 0.15) is 19.8 Å². The fourth-order valence-corrected chi connectivity index (χ4v) is 1.92. The summed E-state index contributed by atoms with van der Waals surface area (Å²) in [5.74, 6) is 0.587. The molecule has 1 aliphatic heterocycles. The lowest BCUT2D eigenvalue weighted by molar-refractivity contribution is -0.120. The molecule has 0 radical (unpaired) electrons. The monoisotopic (exact) mass is 244 g/mol. The van der Waals surface area contributed by atoms with Crippen LogP contribution in [0, 0.1) is 5.92 Å². The van der Waals surface area contributed by atoms with Crippen LogP contribution < -0.4 is 10.6 Å². The van der Waals surface area contributed by atoms with Crippen molar-refractivity contribution in [2.75, 3.05) is 40.0 Å². The molecule has 0 saturated carbocycles. The molecule has 2 unspecified atom stereocenters. The first-order valence-electron chi connectivity index (χ1n) is 6.32. The summed E-state index contributed by atoms with van der Waals surface area (Å²) in [6.45, 7) is 5.53. The van der Waals surface area contributed by atoms with Gasteiger partial charge in [-0.2, -0.15) is 0 Å². The minimum atomic E-state index is 0.0488. The summed E-state index contributed by atoms with van der Waals surface area (Å²) in [7, 11) is 1.66. The second-order valence-corrected chi connectivity index (χ2v) is 4.45. The molecule has 2 atom stereocenters. The Morgan fingerprint density at radius 2 is 2.35 bits per heavy atom. The van der Waals surface area contributed by atoms with Gasteiger partial charge in [0.15, 0.2) is 0 Å². The minimum Gasteiger partial charge on any atom is -0.385 e. The Bertz CT molecular complexity index is 224. The van der Waals surface area contributed by atoms with E-state index < -0.39 is 0 Å². The number of ether oxygens (including phenoxy) is 2. The highest BCUT2D eigenvalue weighted by molar-refractivity contribution is 5.77. The lowest BCUT2D eigenvalue weighted by Gasteiger charge is -2.14. The van der Waals surface area contributed by atoms with Gasteiger partial charge >= 0.3 is 0 Å². The second-order valence-electron chi connectivity index (χ2n) is 4.45. The van der Waals surface area contributed by atoms with E-state index in [0.717, 1.165) is 26.0 Å². The first-order chi connectivity index (χ1) is 8.24. The van der Waals surface area contributed by atoms with E-state index in [0.29, 0.717) is 31.7 Å². The molecule has 0 spiro atoms. The van der Waals surface area contributed by atoms with Crippen LogP contribution in [0.5, 0.6) is 0 Å². The average molecular weight is 244 g/mol. The van der Waals surface area contributed by atoms with Crippen LogP contribution in [-0.4, -0.2) is 52.0 Å². The maximum atomic E-state index is 11.4. The van der Waals surface area contributed by atoms with Crippen molar-refractivity contribution in [3.05, 3.63) is 0 Å². The van der Waals surface area contributed by atoms with Crippen molar-refractivity contribution in [1.29, 1.82) is 0 Å². The van der Waals surface area contributed by atoms with E-state index in [4.69, 9.17) is 9.47 Å². The van der Waals surface area contributed by atoms with Crippen molar-refractivity contribution in [3.63, 3.8) is 0 Å². The maximum absolute atomic E-state index is 11.4. The molecule has 0 aliphatic carbocycles. The molecule has 1 aliphatic rings. The Hall–Kier alpha value is -0.650. The molecule has 0 aromatic heterocycles. The van der Waals surface area contributed by atoms with E-state index in [-0.39, 0.29) is 5.91 Å². The number of rotatable bonds is 8. The van der Waals surface area contributed by atoms with E-state index in [2.05, 4.69) is 17.6 Å². The number of carbonyl (C=O) groups is 1. The summed E-state index contributed by atoms with van der Waals surface area (Å²) >= 11 is 0. The largest absolute Gasteiger partial charge is 0.385 e. The van der Waals surface area contributed by atoms with E-state index in [9.17, 15) is 4.79 Å². The first kappa shape index (κ1) is 14.4. The van der Waals surface area contributed by atoms with Crippen LogP contribution in [-0.2, 0) is 14.3 Å². The number of hydrogen-bond acceptors (Lipinski definition) is 4. The third-order valence-electron chi connectivity index (χ3n) is 3.07. The van der Waals surface area contributed by atoms with Crippen LogP contribution in [0.25, 0.3) is 0 Å². The number of amides is 1. The van der Waals surface area contributed by atoms with Gasteiger partial charge in [-0.3, -0.25) is 4.79 Å². The van der Waals surface area contributed by atoms with Gasteiger partial charge in [0, 0.05) is 33.4 Å². The first-order valence-corrected chi connectivity index (χ1v) is 6.32. The Labute approximate surface area is 103 Å². The zero-order valence-corrected chi connectivity index (χ0v) is 10.8. The summed E-state index contributed by atoms with van der Waals surface area (Å²) < 4.78 is 10.4. The molecule has 1 heterocycles. The van der Waals surface area contributed by atoms with Gasteiger partial charge in [0.1, 0.15) is 0 Å². The zero-order valence-electron chi connectivity index (χ0n) is 10.8. The van der Waals surface area contributed by atoms with Crippen LogP contribution in [0.4, 0.5) is 0 Å². The summed E-state index contributed by atoms with van der Waals surface area (Å²) in [4.78, 5) is 11.4. The SMILES string of the molecule is COCCCNC(=O)CNCC1CCOC1C. The van der Waals surface area contributed by atoms with Crippen molar-refractivity contribution in [3.8, 4) is 0 Å². The van der Waals surface area contributed by atoms with Crippen molar-refractivity contribution >= 4 is 5.91 Å². The molecule has 1 amide bonds. The lowest BCUT2D eigenvalue weighted by Crippen LogP contribution is -2.37. The van der Waals surface area contributed by atoms with Crippen LogP contribution >= 0.6 is 0 Å². The molecule has 100 valence electrons. The lowest BCUT2D eigenvalue weighted by atomic mass is 10.0. The molecule has 1 fully saturated rings. The van der Waals surface area contributed by atoms with E-state index in [1.807, 2.05) is 0 Å². The second kappa shape index (κ2) is 8.44. The maximum Gasteiger partial charge on any atom is 0.233 e. The van der Waals surface area contributed by atoms with Gasteiger partial charge in [0.05, 0.1) is 12.6 Å². The Kier molecular flexibility index (Phi) is 7.16. The van der Waals surface area contributed by atoms with E-state index >= 15 is 0 Å².